The maximum Gasteiger partial charge on any atom is 0.306 e. The van der Waals surface area contributed by atoms with E-state index in [9.17, 15) is 4.79 Å². The third-order valence-electron chi connectivity index (χ3n) is 4.01. The number of hydrogen-bond donors (Lipinski definition) is 1. The van der Waals surface area contributed by atoms with Gasteiger partial charge >= 0.3 is 5.97 Å². The lowest BCUT2D eigenvalue weighted by atomic mass is 10.1. The highest BCUT2D eigenvalue weighted by atomic mass is 35.5. The number of hydrogen-bond acceptors (Lipinski definition) is 3. The van der Waals surface area contributed by atoms with Crippen LogP contribution in [0.15, 0.2) is 24.3 Å². The lowest BCUT2D eigenvalue weighted by Crippen LogP contribution is -2.23. The van der Waals surface area contributed by atoms with Gasteiger partial charge in [0.1, 0.15) is 6.10 Å². The monoisotopic (exact) mass is 372 g/mol. The van der Waals surface area contributed by atoms with E-state index in [1.807, 2.05) is 0 Å². The van der Waals surface area contributed by atoms with Crippen LogP contribution in [0.1, 0.15) is 84.0 Å². The normalized spacial score (nSPS) is 12.9. The van der Waals surface area contributed by atoms with Crippen LogP contribution in [0.3, 0.4) is 0 Å². The van der Waals surface area contributed by atoms with Crippen molar-refractivity contribution in [3.8, 4) is 0 Å². The van der Waals surface area contributed by atoms with Gasteiger partial charge in [-0.15, -0.1) is 11.6 Å². The Morgan fingerprint density at radius 2 is 1.56 bits per heavy atom. The molecule has 0 aromatic carbocycles. The molecule has 4 heteroatoms. The van der Waals surface area contributed by atoms with Gasteiger partial charge in [-0.05, 0) is 38.5 Å². The minimum absolute atomic E-state index is 0.143. The van der Waals surface area contributed by atoms with Crippen molar-refractivity contribution in [2.45, 2.75) is 90.1 Å². The minimum atomic E-state index is -0.563. The van der Waals surface area contributed by atoms with E-state index in [0.717, 1.165) is 32.1 Å². The first-order chi connectivity index (χ1) is 12.2. The first-order valence-corrected chi connectivity index (χ1v) is 10.4. The maximum atomic E-state index is 11.5. The molecule has 1 unspecified atom stereocenters. The predicted molar refractivity (Wildman–Crippen MR) is 107 cm³/mol. The summed E-state index contributed by atoms with van der Waals surface area (Å²) in [4.78, 5) is 11.5. The number of rotatable bonds is 17. The zero-order valence-electron chi connectivity index (χ0n) is 15.9. The lowest BCUT2D eigenvalue weighted by molar-refractivity contribution is -0.149. The fraction of sp³-hybridized carbons (Fsp3) is 0.762. The molecule has 0 spiro atoms. The molecule has 0 heterocycles. The Morgan fingerprint density at radius 3 is 2.16 bits per heavy atom. The quantitative estimate of drug-likeness (QED) is 0.149. The van der Waals surface area contributed by atoms with Gasteiger partial charge in [0.05, 0.1) is 12.5 Å². The summed E-state index contributed by atoms with van der Waals surface area (Å²) in [7, 11) is 0. The molecule has 3 nitrogen and oxygen atoms in total. The van der Waals surface area contributed by atoms with Gasteiger partial charge in [0.15, 0.2) is 0 Å². The van der Waals surface area contributed by atoms with E-state index in [1.54, 1.807) is 0 Å². The number of ether oxygens (including phenoxy) is 1. The molecule has 0 amide bonds. The van der Waals surface area contributed by atoms with E-state index in [2.05, 4.69) is 31.2 Å². The van der Waals surface area contributed by atoms with Crippen LogP contribution in [-0.4, -0.2) is 29.7 Å². The zero-order valence-corrected chi connectivity index (χ0v) is 16.7. The Labute approximate surface area is 159 Å². The van der Waals surface area contributed by atoms with Crippen LogP contribution < -0.4 is 0 Å². The van der Waals surface area contributed by atoms with Gasteiger partial charge in [-0.3, -0.25) is 4.79 Å². The van der Waals surface area contributed by atoms with E-state index in [4.69, 9.17) is 21.4 Å². The van der Waals surface area contributed by atoms with Gasteiger partial charge in [-0.2, -0.15) is 0 Å². The molecule has 0 aromatic rings. The summed E-state index contributed by atoms with van der Waals surface area (Å²) in [6, 6.07) is 0. The highest BCUT2D eigenvalue weighted by Crippen LogP contribution is 2.09. The second kappa shape index (κ2) is 19.5. The third-order valence-corrected chi connectivity index (χ3v) is 4.35. The molecule has 0 bridgehead atoms. The van der Waals surface area contributed by atoms with E-state index < -0.39 is 6.10 Å². The van der Waals surface area contributed by atoms with E-state index in [0.29, 0.717) is 6.42 Å². The molecule has 0 rings (SSSR count). The molecule has 146 valence electrons. The second-order valence-corrected chi connectivity index (χ2v) is 6.74. The molecule has 0 saturated carbocycles. The largest absolute Gasteiger partial charge is 0.459 e. The Hall–Kier alpha value is -0.800. The zero-order chi connectivity index (χ0) is 18.6. The van der Waals surface area contributed by atoms with Crippen molar-refractivity contribution in [2.24, 2.45) is 0 Å². The average molecular weight is 373 g/mol. The number of allylic oxidation sites excluding steroid dienone is 4. The van der Waals surface area contributed by atoms with Gasteiger partial charge in [-0.1, -0.05) is 63.3 Å². The molecular weight excluding hydrogens is 336 g/mol. The van der Waals surface area contributed by atoms with Crippen molar-refractivity contribution in [2.75, 3.05) is 12.5 Å². The summed E-state index contributed by atoms with van der Waals surface area (Å²) < 4.78 is 5.03. The predicted octanol–water partition coefficient (Wildman–Crippen LogP) is 5.94. The molecule has 0 fully saturated rings. The van der Waals surface area contributed by atoms with Crippen molar-refractivity contribution in [1.29, 1.82) is 0 Å². The van der Waals surface area contributed by atoms with E-state index in [1.165, 1.54) is 38.5 Å². The van der Waals surface area contributed by atoms with Crippen LogP contribution in [0.2, 0.25) is 0 Å². The maximum absolute atomic E-state index is 11.5. The lowest BCUT2D eigenvalue weighted by Gasteiger charge is -2.12. The Bertz CT molecular complexity index is 349. The number of aliphatic hydroxyl groups excluding tert-OH is 1. The standard InChI is InChI=1S/C21H37ClO3/c1-2-3-4-5-6-7-8-9-10-11-12-13-14-15-16-17-21(24)25-20(18-22)19-23/h6-7,9-10,20,23H,2-5,8,11-19H2,1H3/b7-6+,10-9+. The van der Waals surface area contributed by atoms with Crippen LogP contribution in [0, 0.1) is 0 Å². The SMILES string of the molecule is CCCCC/C=C/C/C=C/CCCCCCCC(=O)OC(CO)CCl. The number of aliphatic hydroxyl groups is 1. The molecule has 1 atom stereocenters. The summed E-state index contributed by atoms with van der Waals surface area (Å²) in [5.74, 6) is -0.116. The first-order valence-electron chi connectivity index (χ1n) is 9.90. The third kappa shape index (κ3) is 17.8. The number of halogens is 1. The Kier molecular flexibility index (Phi) is 18.9. The molecule has 0 aliphatic heterocycles. The number of carbonyl (C=O) groups excluding carboxylic acids is 1. The van der Waals surface area contributed by atoms with Crippen LogP contribution >= 0.6 is 11.6 Å². The average Bonchev–Trinajstić information content (AvgIpc) is 2.62. The minimum Gasteiger partial charge on any atom is -0.459 e. The Balaban J connectivity index is 3.35. The number of carbonyl (C=O) groups is 1. The van der Waals surface area contributed by atoms with Crippen LogP contribution in [-0.2, 0) is 9.53 Å². The number of alkyl halides is 1. The van der Waals surface area contributed by atoms with Gasteiger partial charge < -0.3 is 9.84 Å². The molecule has 0 aliphatic carbocycles. The van der Waals surface area contributed by atoms with E-state index in [-0.39, 0.29) is 18.5 Å². The van der Waals surface area contributed by atoms with Gasteiger partial charge in [0.2, 0.25) is 0 Å². The van der Waals surface area contributed by atoms with Crippen molar-refractivity contribution >= 4 is 17.6 Å². The second-order valence-electron chi connectivity index (χ2n) is 6.43. The van der Waals surface area contributed by atoms with Crippen LogP contribution in [0.5, 0.6) is 0 Å². The topological polar surface area (TPSA) is 46.5 Å². The Morgan fingerprint density at radius 1 is 0.960 bits per heavy atom. The summed E-state index contributed by atoms with van der Waals surface area (Å²) in [6.45, 7) is 2.02. The molecule has 0 radical (unpaired) electrons. The molecule has 0 saturated heterocycles. The van der Waals surface area contributed by atoms with Gasteiger partial charge in [-0.25, -0.2) is 0 Å². The van der Waals surface area contributed by atoms with Crippen LogP contribution in [0.4, 0.5) is 0 Å². The molecule has 25 heavy (non-hydrogen) atoms. The molecule has 0 aromatic heterocycles. The van der Waals surface area contributed by atoms with Crippen molar-refractivity contribution in [3.05, 3.63) is 24.3 Å². The van der Waals surface area contributed by atoms with Crippen LogP contribution in [0.25, 0.3) is 0 Å². The fourth-order valence-electron chi connectivity index (χ4n) is 2.44. The first kappa shape index (κ1) is 24.2. The summed E-state index contributed by atoms with van der Waals surface area (Å²) in [6.07, 6.45) is 21.7. The van der Waals surface area contributed by atoms with Crippen molar-refractivity contribution in [3.63, 3.8) is 0 Å². The summed E-state index contributed by atoms with van der Waals surface area (Å²) in [5.41, 5.74) is 0. The van der Waals surface area contributed by atoms with Crippen molar-refractivity contribution in [1.82, 2.24) is 0 Å². The number of esters is 1. The molecule has 1 N–H and O–H groups in total. The highest BCUT2D eigenvalue weighted by Gasteiger charge is 2.11. The number of unbranched alkanes of at least 4 members (excludes halogenated alkanes) is 8. The highest BCUT2D eigenvalue weighted by molar-refractivity contribution is 6.18. The smallest absolute Gasteiger partial charge is 0.306 e. The van der Waals surface area contributed by atoms with Gasteiger partial charge in [0.25, 0.3) is 0 Å². The van der Waals surface area contributed by atoms with Gasteiger partial charge in [0, 0.05) is 6.42 Å². The molecule has 0 aliphatic rings. The fourth-order valence-corrected chi connectivity index (χ4v) is 2.60. The summed E-state index contributed by atoms with van der Waals surface area (Å²) >= 11 is 5.56. The van der Waals surface area contributed by atoms with Crippen molar-refractivity contribution < 1.29 is 14.6 Å². The summed E-state index contributed by atoms with van der Waals surface area (Å²) in [5, 5.41) is 8.91. The molecular formula is C21H37ClO3. The van der Waals surface area contributed by atoms with E-state index >= 15 is 0 Å².